The summed E-state index contributed by atoms with van der Waals surface area (Å²) in [5.74, 6) is -0.272. The van der Waals surface area contributed by atoms with Gasteiger partial charge < -0.3 is 9.97 Å². The van der Waals surface area contributed by atoms with Gasteiger partial charge in [-0.2, -0.15) is 0 Å². The third kappa shape index (κ3) is 4.00. The van der Waals surface area contributed by atoms with Crippen LogP contribution in [0.3, 0.4) is 0 Å². The minimum atomic E-state index is -0.272. The predicted molar refractivity (Wildman–Crippen MR) is 123 cm³/mol. The van der Waals surface area contributed by atoms with E-state index in [-0.39, 0.29) is 26.9 Å². The van der Waals surface area contributed by atoms with Crippen molar-refractivity contribution >= 4 is 45.9 Å². The van der Waals surface area contributed by atoms with Crippen LogP contribution in [0.2, 0.25) is 0 Å². The normalized spacial score (nSPS) is 12.3. The summed E-state index contributed by atoms with van der Waals surface area (Å²) in [4.78, 5) is 16.3. The zero-order chi connectivity index (χ0) is 20.8. The van der Waals surface area contributed by atoms with Crippen LogP contribution in [0.1, 0.15) is 28.3 Å². The van der Waals surface area contributed by atoms with Gasteiger partial charge in [0, 0.05) is 48.7 Å². The summed E-state index contributed by atoms with van der Waals surface area (Å²) in [7, 11) is 0. The van der Waals surface area contributed by atoms with E-state index in [4.69, 9.17) is 9.97 Å². The first-order valence-corrected chi connectivity index (χ1v) is 10.0. The van der Waals surface area contributed by atoms with E-state index in [0.717, 1.165) is 56.0 Å². The van der Waals surface area contributed by atoms with E-state index in [1.807, 2.05) is 66.8 Å². The molecule has 0 spiro atoms. The predicted octanol–water partition coefficient (Wildman–Crippen LogP) is 6.21. The molecule has 0 unspecified atom stereocenters. The third-order valence-electron chi connectivity index (χ3n) is 5.30. The van der Waals surface area contributed by atoms with Gasteiger partial charge in [0.2, 0.25) is 0 Å². The van der Waals surface area contributed by atoms with Gasteiger partial charge in [0.1, 0.15) is 5.82 Å². The Hall–Kier alpha value is -3.56. The molecule has 0 amide bonds. The first kappa shape index (κ1) is 20.3. The molecule has 4 nitrogen and oxygen atoms in total. The Morgan fingerprint density at radius 3 is 1.94 bits per heavy atom. The first-order valence-electron chi connectivity index (χ1n) is 10.0. The van der Waals surface area contributed by atoms with Gasteiger partial charge >= 0.3 is 0 Å². The van der Waals surface area contributed by atoms with E-state index >= 15 is 0 Å². The molecule has 8 bridgehead atoms. The maximum atomic E-state index is 13.9. The van der Waals surface area contributed by atoms with Gasteiger partial charge in [-0.05, 0) is 84.5 Å². The van der Waals surface area contributed by atoms with Gasteiger partial charge in [-0.3, -0.25) is 0 Å². The maximum absolute atomic E-state index is 13.9. The molecule has 0 saturated carbocycles. The summed E-state index contributed by atoms with van der Waals surface area (Å²) in [5, 5.41) is 0. The number of halogens is 1. The standard InChI is InChI=1S/C26H17FN4.Pt/c27-17-3-1-2-16(10-17)25-14-24-13-22-7-6-20(29-22)11-18-4-5-19(28-18)12-21-8-9-23(30-21)15-26(25)31-24;/h1-15,28-29H;. The molecular formula is C26H17FN4Pt. The Labute approximate surface area is 197 Å². The maximum Gasteiger partial charge on any atom is 0.123 e. The van der Waals surface area contributed by atoms with Crippen LogP contribution in [-0.4, -0.2) is 19.9 Å². The Morgan fingerprint density at radius 2 is 1.25 bits per heavy atom. The largest absolute Gasteiger partial charge is 0.355 e. The van der Waals surface area contributed by atoms with E-state index in [2.05, 4.69) is 16.0 Å². The summed E-state index contributed by atoms with van der Waals surface area (Å²) in [6, 6.07) is 22.7. The fourth-order valence-electron chi connectivity index (χ4n) is 3.90. The number of rotatable bonds is 1. The molecule has 2 aliphatic heterocycles. The quantitative estimate of drug-likeness (QED) is 0.236. The van der Waals surface area contributed by atoms with Crippen LogP contribution in [0.5, 0.6) is 0 Å². The number of nitrogens with one attached hydrogen (secondary N) is 2. The molecule has 0 radical (unpaired) electrons. The second-order valence-electron chi connectivity index (χ2n) is 7.60. The zero-order valence-electron chi connectivity index (χ0n) is 16.7. The van der Waals surface area contributed by atoms with Crippen molar-refractivity contribution in [3.8, 4) is 0 Å². The van der Waals surface area contributed by atoms with Crippen molar-refractivity contribution in [2.75, 3.05) is 0 Å². The van der Waals surface area contributed by atoms with Crippen LogP contribution in [0.4, 0.5) is 4.39 Å². The van der Waals surface area contributed by atoms with E-state index in [9.17, 15) is 4.39 Å². The number of fused-ring (bicyclic) bond motifs is 8. The summed E-state index contributed by atoms with van der Waals surface area (Å²) in [5.41, 5.74) is 8.80. The molecule has 2 aliphatic rings. The third-order valence-corrected chi connectivity index (χ3v) is 5.30. The molecule has 0 aliphatic carbocycles. The van der Waals surface area contributed by atoms with Crippen molar-refractivity contribution < 1.29 is 25.5 Å². The number of hydrogen-bond donors (Lipinski definition) is 2. The van der Waals surface area contributed by atoms with Crippen LogP contribution < -0.4 is 0 Å². The molecule has 3 aromatic heterocycles. The first-order chi connectivity index (χ1) is 15.2. The Bertz CT molecular complexity index is 1560. The molecule has 0 atom stereocenters. The van der Waals surface area contributed by atoms with Crippen molar-refractivity contribution in [1.82, 2.24) is 19.9 Å². The topological polar surface area (TPSA) is 57.4 Å². The van der Waals surface area contributed by atoms with Gasteiger partial charge in [-0.15, -0.1) is 0 Å². The van der Waals surface area contributed by atoms with E-state index < -0.39 is 0 Å². The zero-order valence-corrected chi connectivity index (χ0v) is 19.0. The number of H-pyrrole nitrogens is 2. The van der Waals surface area contributed by atoms with Crippen molar-refractivity contribution in [1.29, 1.82) is 0 Å². The van der Waals surface area contributed by atoms with Crippen molar-refractivity contribution in [3.63, 3.8) is 0 Å². The van der Waals surface area contributed by atoms with Gasteiger partial charge in [-0.25, -0.2) is 14.4 Å². The summed E-state index contributed by atoms with van der Waals surface area (Å²) in [6.07, 6.45) is 5.92. The SMILES string of the molecule is Fc1cccc(C2=Cc3cc4ccc(cc5ccc(cc6nc(cc2n3)C=C6)[nH]5)[nH]4)c1.[Pt]. The van der Waals surface area contributed by atoms with Crippen LogP contribution in [0, 0.1) is 5.82 Å². The number of nitrogens with zero attached hydrogens (tertiary/aromatic N) is 2. The number of aromatic amines is 2. The molecule has 32 heavy (non-hydrogen) atoms. The summed E-state index contributed by atoms with van der Waals surface area (Å²) < 4.78 is 13.9. The number of aromatic nitrogens is 4. The molecule has 0 saturated heterocycles. The molecule has 158 valence electrons. The molecule has 4 aromatic rings. The molecule has 6 heteroatoms. The van der Waals surface area contributed by atoms with Crippen molar-refractivity contribution in [2.45, 2.75) is 0 Å². The van der Waals surface area contributed by atoms with Crippen LogP contribution in [0.25, 0.3) is 45.9 Å². The van der Waals surface area contributed by atoms with E-state index in [0.29, 0.717) is 0 Å². The van der Waals surface area contributed by atoms with Crippen molar-refractivity contribution in [2.24, 2.45) is 0 Å². The molecule has 0 fully saturated rings. The Morgan fingerprint density at radius 1 is 0.625 bits per heavy atom. The van der Waals surface area contributed by atoms with Gasteiger partial charge in [-0.1, -0.05) is 12.1 Å². The smallest absolute Gasteiger partial charge is 0.123 e. The molecule has 6 rings (SSSR count). The Balaban J connectivity index is 0.00000216. The number of benzene rings is 1. The average Bonchev–Trinajstić information content (AvgIpc) is 3.53. The Kier molecular flexibility index (Phi) is 5.20. The van der Waals surface area contributed by atoms with Crippen LogP contribution in [0.15, 0.2) is 72.8 Å². The molecule has 2 N–H and O–H groups in total. The van der Waals surface area contributed by atoms with E-state index in [1.54, 1.807) is 6.07 Å². The minimum absolute atomic E-state index is 0. The van der Waals surface area contributed by atoms with Gasteiger partial charge in [0.25, 0.3) is 0 Å². The van der Waals surface area contributed by atoms with Crippen LogP contribution >= 0.6 is 0 Å². The molecule has 5 heterocycles. The second-order valence-corrected chi connectivity index (χ2v) is 7.60. The minimum Gasteiger partial charge on any atom is -0.355 e. The monoisotopic (exact) mass is 599 g/mol. The summed E-state index contributed by atoms with van der Waals surface area (Å²) >= 11 is 0. The van der Waals surface area contributed by atoms with E-state index in [1.165, 1.54) is 12.1 Å². The van der Waals surface area contributed by atoms with Crippen molar-refractivity contribution in [3.05, 3.63) is 107 Å². The second kappa shape index (κ2) is 8.17. The summed E-state index contributed by atoms with van der Waals surface area (Å²) in [6.45, 7) is 0. The van der Waals surface area contributed by atoms with Gasteiger partial charge in [0.15, 0.2) is 0 Å². The fourth-order valence-corrected chi connectivity index (χ4v) is 3.90. The number of hydrogen-bond acceptors (Lipinski definition) is 2. The molecule has 1 aromatic carbocycles. The van der Waals surface area contributed by atoms with Crippen LogP contribution in [-0.2, 0) is 21.1 Å². The van der Waals surface area contributed by atoms with Gasteiger partial charge in [0.05, 0.1) is 22.8 Å². The fraction of sp³-hybridized carbons (Fsp3) is 0. The average molecular weight is 600 g/mol. The molecular weight excluding hydrogens is 582 g/mol.